The highest BCUT2D eigenvalue weighted by Crippen LogP contribution is 2.55. The number of rotatable bonds is 2. The number of carbonyl (C=O) groups is 3. The number of anilines is 1. The van der Waals surface area contributed by atoms with Gasteiger partial charge in [-0.3, -0.25) is 14.5 Å². The van der Waals surface area contributed by atoms with Gasteiger partial charge in [0.2, 0.25) is 11.8 Å². The van der Waals surface area contributed by atoms with Gasteiger partial charge < -0.3 is 5.11 Å². The molecule has 1 saturated carbocycles. The standard InChI is InChI=1S/C17H15NO4/c1-8-6-10-7-12(8)14-13(10)15(19)18(16(14)20)11-4-2-9(3-5-11)17(21)22/h2-6,10,12-14H,7H2,1H3,(H,21,22)/t10-,12+,13+,14+/m1/s1. The zero-order valence-corrected chi connectivity index (χ0v) is 12.0. The Bertz CT molecular complexity index is 734. The van der Waals surface area contributed by atoms with Crippen LogP contribution in [0.1, 0.15) is 23.7 Å². The van der Waals surface area contributed by atoms with E-state index in [1.807, 2.05) is 6.92 Å². The van der Waals surface area contributed by atoms with Crippen molar-refractivity contribution in [3.8, 4) is 0 Å². The maximum absolute atomic E-state index is 12.7. The number of hydrogen-bond acceptors (Lipinski definition) is 3. The summed E-state index contributed by atoms with van der Waals surface area (Å²) < 4.78 is 0. The molecule has 1 aromatic carbocycles. The molecule has 22 heavy (non-hydrogen) atoms. The molecule has 1 heterocycles. The molecule has 2 amide bonds. The quantitative estimate of drug-likeness (QED) is 0.670. The summed E-state index contributed by atoms with van der Waals surface area (Å²) in [5, 5.41) is 8.93. The Labute approximate surface area is 127 Å². The lowest BCUT2D eigenvalue weighted by Crippen LogP contribution is -2.32. The molecule has 112 valence electrons. The van der Waals surface area contributed by atoms with Crippen molar-refractivity contribution in [2.24, 2.45) is 23.7 Å². The van der Waals surface area contributed by atoms with E-state index in [1.165, 1.54) is 34.7 Å². The van der Waals surface area contributed by atoms with Crippen LogP contribution in [0.5, 0.6) is 0 Å². The second-order valence-corrected chi connectivity index (χ2v) is 6.33. The summed E-state index contributed by atoms with van der Waals surface area (Å²) in [5.41, 5.74) is 1.82. The smallest absolute Gasteiger partial charge is 0.335 e. The lowest BCUT2D eigenvalue weighted by molar-refractivity contribution is -0.123. The van der Waals surface area contributed by atoms with Crippen molar-refractivity contribution in [3.63, 3.8) is 0 Å². The fraction of sp³-hybridized carbons (Fsp3) is 0.353. The summed E-state index contributed by atoms with van der Waals surface area (Å²) in [6.07, 6.45) is 3.04. The first-order valence-electron chi connectivity index (χ1n) is 7.38. The Kier molecular flexibility index (Phi) is 2.58. The number of amides is 2. The zero-order chi connectivity index (χ0) is 15.6. The largest absolute Gasteiger partial charge is 0.478 e. The number of fused-ring (bicyclic) bond motifs is 5. The van der Waals surface area contributed by atoms with Crippen LogP contribution in [0.15, 0.2) is 35.9 Å². The van der Waals surface area contributed by atoms with Gasteiger partial charge in [-0.1, -0.05) is 11.6 Å². The minimum Gasteiger partial charge on any atom is -0.478 e. The van der Waals surface area contributed by atoms with Crippen molar-refractivity contribution in [2.75, 3.05) is 4.90 Å². The number of allylic oxidation sites excluding steroid dienone is 2. The molecule has 0 radical (unpaired) electrons. The Morgan fingerprint density at radius 2 is 1.77 bits per heavy atom. The Morgan fingerprint density at radius 1 is 1.14 bits per heavy atom. The van der Waals surface area contributed by atoms with Crippen molar-refractivity contribution >= 4 is 23.5 Å². The minimum absolute atomic E-state index is 0.139. The van der Waals surface area contributed by atoms with Crippen LogP contribution in [0.3, 0.4) is 0 Å². The highest BCUT2D eigenvalue weighted by Gasteiger charge is 2.60. The van der Waals surface area contributed by atoms with Gasteiger partial charge in [0.05, 0.1) is 23.1 Å². The third-order valence-electron chi connectivity index (χ3n) is 5.25. The summed E-state index contributed by atoms with van der Waals surface area (Å²) in [4.78, 5) is 37.5. The van der Waals surface area contributed by atoms with Crippen molar-refractivity contribution < 1.29 is 19.5 Å². The lowest BCUT2D eigenvalue weighted by atomic mass is 9.82. The molecular weight excluding hydrogens is 282 g/mol. The van der Waals surface area contributed by atoms with E-state index in [2.05, 4.69) is 6.08 Å². The average molecular weight is 297 g/mol. The Balaban J connectivity index is 1.69. The maximum atomic E-state index is 12.7. The molecule has 1 saturated heterocycles. The van der Waals surface area contributed by atoms with E-state index < -0.39 is 5.97 Å². The summed E-state index contributed by atoms with van der Waals surface area (Å²) in [6.45, 7) is 2.03. The van der Waals surface area contributed by atoms with E-state index in [0.29, 0.717) is 5.69 Å². The second-order valence-electron chi connectivity index (χ2n) is 6.33. The normalized spacial score (nSPS) is 32.4. The number of imide groups is 1. The first-order chi connectivity index (χ1) is 10.5. The molecule has 1 aliphatic heterocycles. The number of nitrogens with zero attached hydrogens (tertiary/aromatic N) is 1. The van der Waals surface area contributed by atoms with E-state index in [1.54, 1.807) is 0 Å². The third-order valence-corrected chi connectivity index (χ3v) is 5.25. The van der Waals surface area contributed by atoms with Crippen molar-refractivity contribution in [3.05, 3.63) is 41.5 Å². The zero-order valence-electron chi connectivity index (χ0n) is 12.0. The van der Waals surface area contributed by atoms with E-state index in [9.17, 15) is 14.4 Å². The Hall–Kier alpha value is -2.43. The van der Waals surface area contributed by atoms with Crippen LogP contribution in [0.4, 0.5) is 5.69 Å². The van der Waals surface area contributed by atoms with Gasteiger partial charge >= 0.3 is 5.97 Å². The van der Waals surface area contributed by atoms with Crippen LogP contribution in [-0.4, -0.2) is 22.9 Å². The molecule has 3 aliphatic rings. The van der Waals surface area contributed by atoms with Crippen molar-refractivity contribution in [2.45, 2.75) is 13.3 Å². The van der Waals surface area contributed by atoms with Crippen LogP contribution < -0.4 is 4.90 Å². The van der Waals surface area contributed by atoms with Gasteiger partial charge in [-0.15, -0.1) is 0 Å². The fourth-order valence-corrected chi connectivity index (χ4v) is 4.28. The molecule has 1 N–H and O–H groups in total. The van der Waals surface area contributed by atoms with Gasteiger partial charge in [0.15, 0.2) is 0 Å². The number of carboxylic acids is 1. The molecule has 0 spiro atoms. The van der Waals surface area contributed by atoms with Crippen LogP contribution in [0, 0.1) is 23.7 Å². The number of carboxylic acid groups (broad SMARTS) is 1. The Morgan fingerprint density at radius 3 is 2.41 bits per heavy atom. The van der Waals surface area contributed by atoms with Gasteiger partial charge in [0, 0.05) is 0 Å². The second kappa shape index (κ2) is 4.29. The topological polar surface area (TPSA) is 74.7 Å². The van der Waals surface area contributed by atoms with Gasteiger partial charge in [-0.2, -0.15) is 0 Å². The molecule has 2 aliphatic carbocycles. The van der Waals surface area contributed by atoms with E-state index >= 15 is 0 Å². The van der Waals surface area contributed by atoms with Crippen molar-refractivity contribution in [1.82, 2.24) is 0 Å². The lowest BCUT2D eigenvalue weighted by Gasteiger charge is -2.19. The third kappa shape index (κ3) is 1.56. The van der Waals surface area contributed by atoms with Crippen LogP contribution in [-0.2, 0) is 9.59 Å². The number of carbonyl (C=O) groups excluding carboxylic acids is 2. The first kappa shape index (κ1) is 13.2. The predicted molar refractivity (Wildman–Crippen MR) is 78.2 cm³/mol. The van der Waals surface area contributed by atoms with Gasteiger partial charge in [0.25, 0.3) is 0 Å². The maximum Gasteiger partial charge on any atom is 0.335 e. The van der Waals surface area contributed by atoms with E-state index in [0.717, 1.165) is 6.42 Å². The monoisotopic (exact) mass is 297 g/mol. The molecule has 5 heteroatoms. The number of hydrogen-bond donors (Lipinski definition) is 1. The van der Waals surface area contributed by atoms with Crippen LogP contribution in [0.2, 0.25) is 0 Å². The first-order valence-corrected chi connectivity index (χ1v) is 7.38. The average Bonchev–Trinajstić information content (AvgIpc) is 3.11. The molecule has 0 aromatic heterocycles. The fourth-order valence-electron chi connectivity index (χ4n) is 4.28. The van der Waals surface area contributed by atoms with Gasteiger partial charge in [-0.05, 0) is 49.4 Å². The number of benzene rings is 1. The SMILES string of the molecule is CC1=C[C@@H]2C[C@@H]1[C@@H]1C(=O)N(c3ccc(C(=O)O)cc3)C(=O)[C@H]12. The van der Waals surface area contributed by atoms with E-state index in [4.69, 9.17) is 5.11 Å². The van der Waals surface area contributed by atoms with Gasteiger partial charge in [0.1, 0.15) is 0 Å². The predicted octanol–water partition coefficient (Wildman–Crippen LogP) is 2.09. The molecule has 5 nitrogen and oxygen atoms in total. The summed E-state index contributed by atoms with van der Waals surface area (Å²) in [6, 6.07) is 5.90. The van der Waals surface area contributed by atoms with E-state index in [-0.39, 0.29) is 41.0 Å². The van der Waals surface area contributed by atoms with Crippen molar-refractivity contribution in [1.29, 1.82) is 0 Å². The summed E-state index contributed by atoms with van der Waals surface area (Å²) in [7, 11) is 0. The molecule has 2 fully saturated rings. The molecular formula is C17H15NO4. The molecule has 2 bridgehead atoms. The molecule has 4 rings (SSSR count). The molecule has 4 atom stereocenters. The summed E-state index contributed by atoms with van der Waals surface area (Å²) in [5.74, 6) is -1.42. The highest BCUT2D eigenvalue weighted by atomic mass is 16.4. The minimum atomic E-state index is -1.03. The number of aromatic carboxylic acids is 1. The molecule has 0 unspecified atom stereocenters. The van der Waals surface area contributed by atoms with Gasteiger partial charge in [-0.25, -0.2) is 4.79 Å². The highest BCUT2D eigenvalue weighted by molar-refractivity contribution is 6.22. The summed E-state index contributed by atoms with van der Waals surface area (Å²) >= 11 is 0. The van der Waals surface area contributed by atoms with Crippen LogP contribution in [0.25, 0.3) is 0 Å². The van der Waals surface area contributed by atoms with Crippen LogP contribution >= 0.6 is 0 Å². The molecule has 1 aromatic rings.